The van der Waals surface area contributed by atoms with Gasteiger partial charge in [-0.3, -0.25) is 14.3 Å². The number of piperidine rings is 1. The lowest BCUT2D eigenvalue weighted by Crippen LogP contribution is -2.57. The van der Waals surface area contributed by atoms with Crippen molar-refractivity contribution in [3.05, 3.63) is 87.1 Å². The van der Waals surface area contributed by atoms with E-state index in [1.54, 1.807) is 6.33 Å². The standard InChI is InChI=1S/C33H41ClN6O3/c34-27-12-10-23(11-13-27)18-29(37-30(41)28-19-24-6-4-5-7-25(24)20-35-28)31(42)39-16-14-33(15-17-39,26-8-2-1-3-9-26)21-40-22-36-32(43)38-40/h4-7,10-13,22,26,28-29,35H,1-3,8-9,14-21H2,(H,37,41)(H,38,43)/t28-,29-/m1/s1. The number of likely N-dealkylation sites (tertiary alicyclic amines) is 1. The number of carbonyl (C=O) groups excluding carboxylic acids is 2. The highest BCUT2D eigenvalue weighted by molar-refractivity contribution is 6.30. The van der Waals surface area contributed by atoms with Crippen molar-refractivity contribution in [3.8, 4) is 0 Å². The number of nitrogens with zero attached hydrogens (tertiary/aromatic N) is 3. The molecule has 2 amide bonds. The maximum Gasteiger partial charge on any atom is 0.361 e. The Labute approximate surface area is 257 Å². The van der Waals surface area contributed by atoms with Gasteiger partial charge in [0.15, 0.2) is 0 Å². The van der Waals surface area contributed by atoms with Gasteiger partial charge in [-0.25, -0.2) is 9.89 Å². The van der Waals surface area contributed by atoms with Crippen LogP contribution in [0.3, 0.4) is 0 Å². The van der Waals surface area contributed by atoms with Gasteiger partial charge in [0.25, 0.3) is 0 Å². The van der Waals surface area contributed by atoms with Crippen LogP contribution in [0.1, 0.15) is 61.6 Å². The van der Waals surface area contributed by atoms with E-state index in [4.69, 9.17) is 11.6 Å². The molecule has 3 N–H and O–H groups in total. The fourth-order valence-electron chi connectivity index (χ4n) is 7.49. The second-order valence-electron chi connectivity index (χ2n) is 12.6. The van der Waals surface area contributed by atoms with Gasteiger partial charge in [0.05, 0.1) is 6.04 Å². The molecule has 10 heteroatoms. The highest BCUT2D eigenvalue weighted by Crippen LogP contribution is 2.47. The van der Waals surface area contributed by atoms with Crippen molar-refractivity contribution in [1.29, 1.82) is 0 Å². The van der Waals surface area contributed by atoms with E-state index in [-0.39, 0.29) is 22.9 Å². The monoisotopic (exact) mass is 604 g/mol. The minimum atomic E-state index is -0.681. The van der Waals surface area contributed by atoms with Gasteiger partial charge in [0.2, 0.25) is 11.8 Å². The quantitative estimate of drug-likeness (QED) is 0.362. The molecule has 3 heterocycles. The number of aromatic nitrogens is 3. The molecule has 2 fully saturated rings. The first-order valence-corrected chi connectivity index (χ1v) is 16.0. The zero-order valence-electron chi connectivity index (χ0n) is 24.6. The number of aromatic amines is 1. The molecule has 2 atom stereocenters. The number of benzene rings is 2. The summed E-state index contributed by atoms with van der Waals surface area (Å²) >= 11 is 6.13. The smallest absolute Gasteiger partial charge is 0.343 e. The molecule has 0 spiro atoms. The minimum Gasteiger partial charge on any atom is -0.343 e. The Balaban J connectivity index is 1.17. The summed E-state index contributed by atoms with van der Waals surface area (Å²) in [5, 5.41) is 9.95. The maximum atomic E-state index is 14.1. The van der Waals surface area contributed by atoms with Crippen LogP contribution in [0.15, 0.2) is 59.7 Å². The van der Waals surface area contributed by atoms with Crippen LogP contribution in [0.5, 0.6) is 0 Å². The van der Waals surface area contributed by atoms with Crippen molar-refractivity contribution in [3.63, 3.8) is 0 Å². The molecule has 1 saturated heterocycles. The zero-order chi connectivity index (χ0) is 29.8. The summed E-state index contributed by atoms with van der Waals surface area (Å²) in [7, 11) is 0. The van der Waals surface area contributed by atoms with Crippen molar-refractivity contribution in [2.45, 2.75) is 83.0 Å². The SMILES string of the molecule is O=C(N[C@H](Cc1ccc(Cl)cc1)C(=O)N1CCC(Cn2cnc(=O)[nH]2)(C2CCCCC2)CC1)[C@H]1Cc2ccccc2CN1. The van der Waals surface area contributed by atoms with E-state index in [1.807, 2.05) is 46.0 Å². The molecule has 1 saturated carbocycles. The van der Waals surface area contributed by atoms with Crippen LogP contribution in [-0.2, 0) is 35.5 Å². The van der Waals surface area contributed by atoms with Crippen LogP contribution in [0.25, 0.3) is 0 Å². The summed E-state index contributed by atoms with van der Waals surface area (Å²) in [5.74, 6) is 0.349. The van der Waals surface area contributed by atoms with Crippen LogP contribution < -0.4 is 16.3 Å². The summed E-state index contributed by atoms with van der Waals surface area (Å²) < 4.78 is 1.83. The number of H-pyrrole nitrogens is 1. The van der Waals surface area contributed by atoms with Crippen molar-refractivity contribution >= 4 is 23.4 Å². The predicted octanol–water partition coefficient (Wildman–Crippen LogP) is 3.86. The normalized spacial score (nSPS) is 21.1. The zero-order valence-corrected chi connectivity index (χ0v) is 25.3. The number of hydrogen-bond donors (Lipinski definition) is 3. The molecule has 0 radical (unpaired) electrons. The van der Waals surface area contributed by atoms with E-state index in [0.717, 1.165) is 24.0 Å². The Hall–Kier alpha value is -3.43. The Kier molecular flexibility index (Phi) is 9.00. The number of hydrogen-bond acceptors (Lipinski definition) is 5. The molecular formula is C33H41ClN6O3. The van der Waals surface area contributed by atoms with Gasteiger partial charge in [-0.2, -0.15) is 4.98 Å². The number of amides is 2. The van der Waals surface area contributed by atoms with E-state index in [2.05, 4.69) is 32.8 Å². The third-order valence-electron chi connectivity index (χ3n) is 9.95. The van der Waals surface area contributed by atoms with Crippen LogP contribution >= 0.6 is 11.6 Å². The van der Waals surface area contributed by atoms with Crippen LogP contribution in [0, 0.1) is 11.3 Å². The lowest BCUT2D eigenvalue weighted by molar-refractivity contribution is -0.140. The Bertz CT molecular complexity index is 1470. The summed E-state index contributed by atoms with van der Waals surface area (Å²) in [6.45, 7) is 2.57. The summed E-state index contributed by atoms with van der Waals surface area (Å²) in [6.07, 6.45) is 10.4. The van der Waals surface area contributed by atoms with Crippen molar-refractivity contribution in [1.82, 2.24) is 30.3 Å². The molecule has 228 valence electrons. The molecule has 0 unspecified atom stereocenters. The average Bonchev–Trinajstić information content (AvgIpc) is 3.45. The van der Waals surface area contributed by atoms with Gasteiger partial charge in [0, 0.05) is 37.6 Å². The second-order valence-corrected chi connectivity index (χ2v) is 13.0. The van der Waals surface area contributed by atoms with Crippen molar-refractivity contribution in [2.75, 3.05) is 13.1 Å². The fraction of sp³-hybridized carbons (Fsp3) is 0.515. The van der Waals surface area contributed by atoms with Crippen LogP contribution in [0.4, 0.5) is 0 Å². The molecule has 3 aromatic rings. The third kappa shape index (κ3) is 6.88. The van der Waals surface area contributed by atoms with Gasteiger partial charge in [-0.05, 0) is 72.3 Å². The van der Waals surface area contributed by atoms with E-state index >= 15 is 0 Å². The highest BCUT2D eigenvalue weighted by atomic mass is 35.5. The van der Waals surface area contributed by atoms with Crippen molar-refractivity contribution in [2.24, 2.45) is 11.3 Å². The van der Waals surface area contributed by atoms with Gasteiger partial charge in [-0.1, -0.05) is 67.3 Å². The average molecular weight is 605 g/mol. The lowest BCUT2D eigenvalue weighted by atomic mass is 9.63. The Morgan fingerprint density at radius 1 is 1.02 bits per heavy atom. The Morgan fingerprint density at radius 2 is 1.74 bits per heavy atom. The van der Waals surface area contributed by atoms with Gasteiger partial charge in [-0.15, -0.1) is 0 Å². The molecule has 9 nitrogen and oxygen atoms in total. The van der Waals surface area contributed by atoms with Crippen molar-refractivity contribution < 1.29 is 9.59 Å². The minimum absolute atomic E-state index is 0.00479. The number of nitrogens with one attached hydrogen (secondary N) is 3. The predicted molar refractivity (Wildman–Crippen MR) is 166 cm³/mol. The van der Waals surface area contributed by atoms with E-state index in [1.165, 1.54) is 37.7 Å². The molecule has 1 aliphatic carbocycles. The van der Waals surface area contributed by atoms with Gasteiger partial charge in [0.1, 0.15) is 12.4 Å². The van der Waals surface area contributed by atoms with Crippen LogP contribution in [-0.4, -0.2) is 56.7 Å². The summed E-state index contributed by atoms with van der Waals surface area (Å²) in [6, 6.07) is 14.6. The fourth-order valence-corrected chi connectivity index (χ4v) is 7.62. The number of halogens is 1. The van der Waals surface area contributed by atoms with E-state index < -0.39 is 12.1 Å². The van der Waals surface area contributed by atoms with Gasteiger partial charge < -0.3 is 15.5 Å². The molecule has 6 rings (SSSR count). The molecule has 0 bridgehead atoms. The maximum absolute atomic E-state index is 14.1. The summed E-state index contributed by atoms with van der Waals surface area (Å²) in [4.78, 5) is 45.3. The van der Waals surface area contributed by atoms with E-state index in [0.29, 0.717) is 50.0 Å². The topological polar surface area (TPSA) is 112 Å². The first kappa shape index (κ1) is 29.6. The highest BCUT2D eigenvalue weighted by Gasteiger charge is 2.44. The number of rotatable bonds is 8. The Morgan fingerprint density at radius 3 is 2.44 bits per heavy atom. The second kappa shape index (κ2) is 13.1. The molecule has 2 aromatic carbocycles. The molecule has 2 aliphatic heterocycles. The van der Waals surface area contributed by atoms with Gasteiger partial charge >= 0.3 is 5.69 Å². The van der Waals surface area contributed by atoms with Crippen LogP contribution in [0.2, 0.25) is 5.02 Å². The molecule has 3 aliphatic rings. The molecule has 43 heavy (non-hydrogen) atoms. The molecule has 1 aromatic heterocycles. The lowest BCUT2D eigenvalue weighted by Gasteiger charge is -2.48. The van der Waals surface area contributed by atoms with E-state index in [9.17, 15) is 14.4 Å². The largest absolute Gasteiger partial charge is 0.361 e. The third-order valence-corrected chi connectivity index (χ3v) is 10.2. The number of carbonyl (C=O) groups is 2. The number of fused-ring (bicyclic) bond motifs is 1. The summed E-state index contributed by atoms with van der Waals surface area (Å²) in [5.41, 5.74) is 2.98. The molecular weight excluding hydrogens is 564 g/mol. The first-order valence-electron chi connectivity index (χ1n) is 15.6. The first-order chi connectivity index (χ1) is 20.9.